The van der Waals surface area contributed by atoms with Gasteiger partial charge in [0.05, 0.1) is 14.2 Å². The first kappa shape index (κ1) is 14.6. The summed E-state index contributed by atoms with van der Waals surface area (Å²) in [4.78, 5) is 15.0. The van der Waals surface area contributed by atoms with Crippen molar-refractivity contribution in [2.75, 3.05) is 14.2 Å². The van der Waals surface area contributed by atoms with Crippen molar-refractivity contribution in [2.45, 2.75) is 45.1 Å². The van der Waals surface area contributed by atoms with Gasteiger partial charge < -0.3 is 9.47 Å². The lowest BCUT2D eigenvalue weighted by Gasteiger charge is -2.27. The highest BCUT2D eigenvalue weighted by Crippen LogP contribution is 2.49. The molecule has 1 aromatic carbocycles. The maximum Gasteiger partial charge on any atom is 0.235 e. The lowest BCUT2D eigenvalue weighted by Crippen LogP contribution is -2.21. The number of benzene rings is 1. The van der Waals surface area contributed by atoms with E-state index in [4.69, 9.17) is 9.47 Å². The average molecular weight is 275 g/mol. The molecule has 1 saturated carbocycles. The molecule has 2 rings (SSSR count). The molecule has 20 heavy (non-hydrogen) atoms. The third-order valence-corrected chi connectivity index (χ3v) is 4.34. The molecule has 0 radical (unpaired) electrons. The summed E-state index contributed by atoms with van der Waals surface area (Å²) < 4.78 is 11.1. The second-order valence-corrected chi connectivity index (χ2v) is 5.37. The van der Waals surface area contributed by atoms with E-state index in [1.807, 2.05) is 13.8 Å². The molecule has 4 heteroatoms. The Balaban J connectivity index is 2.72. The summed E-state index contributed by atoms with van der Waals surface area (Å²) in [5.74, 6) is 1.42. The third-order valence-electron chi connectivity index (χ3n) is 4.34. The largest absolute Gasteiger partial charge is 0.493 e. The van der Waals surface area contributed by atoms with Crippen molar-refractivity contribution in [3.05, 3.63) is 22.8 Å². The SMILES string of the molecule is COc1c(C2(N=C=O)CCCC2)cc(C)c(C)c1OC. The Hall–Kier alpha value is -1.80. The van der Waals surface area contributed by atoms with E-state index in [1.165, 1.54) is 0 Å². The van der Waals surface area contributed by atoms with Crippen LogP contribution in [0.25, 0.3) is 0 Å². The van der Waals surface area contributed by atoms with E-state index < -0.39 is 5.54 Å². The number of nitrogens with zero attached hydrogens (tertiary/aromatic N) is 1. The van der Waals surface area contributed by atoms with Crippen molar-refractivity contribution in [1.82, 2.24) is 0 Å². The number of aryl methyl sites for hydroxylation is 1. The number of carbonyl (C=O) groups excluding carboxylic acids is 1. The molecule has 0 heterocycles. The zero-order chi connectivity index (χ0) is 14.8. The molecule has 0 atom stereocenters. The van der Waals surface area contributed by atoms with Crippen LogP contribution in [0, 0.1) is 13.8 Å². The minimum Gasteiger partial charge on any atom is -0.493 e. The molecule has 0 aromatic heterocycles. The molecule has 0 bridgehead atoms. The van der Waals surface area contributed by atoms with Crippen LogP contribution in [0.5, 0.6) is 11.5 Å². The third kappa shape index (κ3) is 2.20. The number of aliphatic imine (C=N–C) groups is 1. The predicted molar refractivity (Wildman–Crippen MR) is 77.3 cm³/mol. The topological polar surface area (TPSA) is 47.9 Å². The van der Waals surface area contributed by atoms with Crippen LogP contribution in [0.15, 0.2) is 11.1 Å². The van der Waals surface area contributed by atoms with Crippen LogP contribution in [0.3, 0.4) is 0 Å². The van der Waals surface area contributed by atoms with Crippen LogP contribution in [0.4, 0.5) is 0 Å². The van der Waals surface area contributed by atoms with Crippen molar-refractivity contribution in [1.29, 1.82) is 0 Å². The molecule has 1 aliphatic carbocycles. The first-order chi connectivity index (χ1) is 9.59. The number of methoxy groups -OCH3 is 2. The van der Waals surface area contributed by atoms with Crippen LogP contribution in [0.1, 0.15) is 42.4 Å². The number of isocyanates is 1. The Morgan fingerprint density at radius 3 is 2.25 bits per heavy atom. The molecule has 0 saturated heterocycles. The van der Waals surface area contributed by atoms with Gasteiger partial charge in [0.25, 0.3) is 0 Å². The molecular formula is C16H21NO3. The lowest BCUT2D eigenvalue weighted by atomic mass is 9.85. The van der Waals surface area contributed by atoms with E-state index in [1.54, 1.807) is 20.3 Å². The molecule has 1 fully saturated rings. The Labute approximate surface area is 119 Å². The van der Waals surface area contributed by atoms with Gasteiger partial charge in [-0.3, -0.25) is 0 Å². The molecule has 4 nitrogen and oxygen atoms in total. The molecule has 0 amide bonds. The molecule has 1 aliphatic rings. The molecular weight excluding hydrogens is 254 g/mol. The quantitative estimate of drug-likeness (QED) is 0.625. The second kappa shape index (κ2) is 5.68. The number of ether oxygens (including phenoxy) is 2. The summed E-state index contributed by atoms with van der Waals surface area (Å²) in [7, 11) is 3.27. The number of hydrogen-bond donors (Lipinski definition) is 0. The highest BCUT2D eigenvalue weighted by molar-refractivity contribution is 5.58. The summed E-state index contributed by atoms with van der Waals surface area (Å²) in [6, 6.07) is 2.07. The maximum absolute atomic E-state index is 10.9. The van der Waals surface area contributed by atoms with Crippen molar-refractivity contribution < 1.29 is 14.3 Å². The first-order valence-electron chi connectivity index (χ1n) is 6.91. The van der Waals surface area contributed by atoms with Gasteiger partial charge in [0, 0.05) is 5.56 Å². The van der Waals surface area contributed by atoms with Gasteiger partial charge in [0.2, 0.25) is 6.08 Å². The summed E-state index contributed by atoms with van der Waals surface area (Å²) in [5.41, 5.74) is 2.61. The van der Waals surface area contributed by atoms with Gasteiger partial charge in [0.1, 0.15) is 5.54 Å². The zero-order valence-electron chi connectivity index (χ0n) is 12.6. The fraction of sp³-hybridized carbons (Fsp3) is 0.562. The molecule has 0 spiro atoms. The Morgan fingerprint density at radius 2 is 1.75 bits per heavy atom. The van der Waals surface area contributed by atoms with Crippen LogP contribution >= 0.6 is 0 Å². The summed E-state index contributed by atoms with van der Waals surface area (Å²) >= 11 is 0. The van der Waals surface area contributed by atoms with E-state index in [0.29, 0.717) is 5.75 Å². The van der Waals surface area contributed by atoms with E-state index in [2.05, 4.69) is 11.1 Å². The van der Waals surface area contributed by atoms with Crippen molar-refractivity contribution >= 4 is 6.08 Å². The van der Waals surface area contributed by atoms with Crippen LogP contribution in [-0.4, -0.2) is 20.3 Å². The highest BCUT2D eigenvalue weighted by atomic mass is 16.5. The lowest BCUT2D eigenvalue weighted by molar-refractivity contribution is 0.335. The van der Waals surface area contributed by atoms with Crippen LogP contribution < -0.4 is 9.47 Å². The summed E-state index contributed by atoms with van der Waals surface area (Å²) in [6.45, 7) is 4.04. The molecule has 1 aromatic rings. The molecule has 0 unspecified atom stereocenters. The minimum atomic E-state index is -0.501. The van der Waals surface area contributed by atoms with Crippen LogP contribution in [-0.2, 0) is 10.3 Å². The predicted octanol–water partition coefficient (Wildman–Crippen LogP) is 3.43. The zero-order valence-corrected chi connectivity index (χ0v) is 12.6. The monoisotopic (exact) mass is 275 g/mol. The number of rotatable bonds is 4. The fourth-order valence-corrected chi connectivity index (χ4v) is 3.14. The second-order valence-electron chi connectivity index (χ2n) is 5.37. The Kier molecular flexibility index (Phi) is 4.15. The van der Waals surface area contributed by atoms with E-state index in [9.17, 15) is 4.79 Å². The van der Waals surface area contributed by atoms with Gasteiger partial charge in [-0.05, 0) is 43.9 Å². The first-order valence-corrected chi connectivity index (χ1v) is 6.91. The van der Waals surface area contributed by atoms with Gasteiger partial charge in [-0.1, -0.05) is 12.8 Å². The molecule has 0 N–H and O–H groups in total. The van der Waals surface area contributed by atoms with Crippen molar-refractivity contribution in [3.63, 3.8) is 0 Å². The van der Waals surface area contributed by atoms with Gasteiger partial charge in [-0.15, -0.1) is 0 Å². The smallest absolute Gasteiger partial charge is 0.235 e. The van der Waals surface area contributed by atoms with E-state index >= 15 is 0 Å². The Bertz CT molecular complexity index is 553. The van der Waals surface area contributed by atoms with E-state index in [0.717, 1.165) is 48.1 Å². The van der Waals surface area contributed by atoms with Gasteiger partial charge in [-0.2, -0.15) is 4.99 Å². The normalized spacial score (nSPS) is 16.6. The minimum absolute atomic E-state index is 0.501. The van der Waals surface area contributed by atoms with Crippen molar-refractivity contribution in [2.24, 2.45) is 4.99 Å². The summed E-state index contributed by atoms with van der Waals surface area (Å²) in [6.07, 6.45) is 5.57. The van der Waals surface area contributed by atoms with Gasteiger partial charge in [-0.25, -0.2) is 4.79 Å². The summed E-state index contributed by atoms with van der Waals surface area (Å²) in [5, 5.41) is 0. The average Bonchev–Trinajstić information content (AvgIpc) is 2.91. The van der Waals surface area contributed by atoms with E-state index in [-0.39, 0.29) is 0 Å². The highest BCUT2D eigenvalue weighted by Gasteiger charge is 2.39. The molecule has 0 aliphatic heterocycles. The van der Waals surface area contributed by atoms with Gasteiger partial charge in [0.15, 0.2) is 11.5 Å². The van der Waals surface area contributed by atoms with Gasteiger partial charge >= 0.3 is 0 Å². The maximum atomic E-state index is 10.9. The number of hydrogen-bond acceptors (Lipinski definition) is 4. The van der Waals surface area contributed by atoms with Crippen molar-refractivity contribution in [3.8, 4) is 11.5 Å². The van der Waals surface area contributed by atoms with Crippen LogP contribution in [0.2, 0.25) is 0 Å². The standard InChI is InChI=1S/C16H21NO3/c1-11-9-13(15(20-4)14(19-3)12(11)2)16(17-10-18)7-5-6-8-16/h9H,5-8H2,1-4H3. The Morgan fingerprint density at radius 1 is 1.15 bits per heavy atom. The fourth-order valence-electron chi connectivity index (χ4n) is 3.14. The molecule has 108 valence electrons.